The summed E-state index contributed by atoms with van der Waals surface area (Å²) in [6.45, 7) is 6.75. The Morgan fingerprint density at radius 2 is 2.19 bits per heavy atom. The second-order valence-corrected chi connectivity index (χ2v) is 5.69. The van der Waals surface area contributed by atoms with Gasteiger partial charge in [-0.3, -0.25) is 4.90 Å². The normalized spacial score (nSPS) is 20.9. The largest absolute Gasteiger partial charge is 0.465 e. The van der Waals surface area contributed by atoms with E-state index in [1.807, 2.05) is 24.8 Å². The van der Waals surface area contributed by atoms with Crippen molar-refractivity contribution in [1.29, 1.82) is 0 Å². The number of rotatable bonds is 5. The van der Waals surface area contributed by atoms with Crippen molar-refractivity contribution in [2.75, 3.05) is 19.6 Å². The summed E-state index contributed by atoms with van der Waals surface area (Å²) in [5.41, 5.74) is 0.991. The van der Waals surface area contributed by atoms with Gasteiger partial charge in [0.25, 0.3) is 0 Å². The van der Waals surface area contributed by atoms with Crippen LogP contribution in [0.4, 0.5) is 13.2 Å². The highest BCUT2D eigenvalue weighted by Crippen LogP contribution is 2.33. The number of aryl methyl sites for hydroxylation is 1. The van der Waals surface area contributed by atoms with Gasteiger partial charge in [-0.15, -0.1) is 0 Å². The summed E-state index contributed by atoms with van der Waals surface area (Å²) < 4.78 is 44.1. The maximum Gasteiger partial charge on any atom is 0.393 e. The molecule has 1 N–H and O–H groups in total. The Balaban J connectivity index is 1.96. The lowest BCUT2D eigenvalue weighted by molar-refractivity contribution is -0.187. The van der Waals surface area contributed by atoms with Gasteiger partial charge in [-0.1, -0.05) is 6.92 Å². The predicted octanol–water partition coefficient (Wildman–Crippen LogP) is 3.47. The van der Waals surface area contributed by atoms with Gasteiger partial charge in [0.2, 0.25) is 0 Å². The van der Waals surface area contributed by atoms with Crippen LogP contribution < -0.4 is 5.32 Å². The molecule has 0 radical (unpaired) electrons. The molecule has 2 heterocycles. The fraction of sp³-hybridized carbons (Fsp3) is 0.733. The van der Waals surface area contributed by atoms with E-state index < -0.39 is 12.1 Å². The van der Waals surface area contributed by atoms with Gasteiger partial charge in [0.15, 0.2) is 0 Å². The van der Waals surface area contributed by atoms with Crippen LogP contribution in [0.2, 0.25) is 0 Å². The van der Waals surface area contributed by atoms with Crippen molar-refractivity contribution in [2.45, 2.75) is 46.0 Å². The SMILES string of the molecule is CCNCc1cc(CN2CCCC(C(F)(F)F)C2)c(C)o1. The van der Waals surface area contributed by atoms with Gasteiger partial charge in [0, 0.05) is 18.7 Å². The molecule has 2 rings (SSSR count). The van der Waals surface area contributed by atoms with Crippen LogP contribution in [-0.4, -0.2) is 30.7 Å². The zero-order valence-electron chi connectivity index (χ0n) is 12.6. The maximum absolute atomic E-state index is 12.8. The first-order valence-electron chi connectivity index (χ1n) is 7.48. The third-order valence-corrected chi connectivity index (χ3v) is 3.98. The third-order valence-electron chi connectivity index (χ3n) is 3.98. The van der Waals surface area contributed by atoms with Gasteiger partial charge in [0.1, 0.15) is 11.5 Å². The van der Waals surface area contributed by atoms with Crippen LogP contribution in [0.1, 0.15) is 36.8 Å². The van der Waals surface area contributed by atoms with E-state index >= 15 is 0 Å². The molecule has 0 spiro atoms. The zero-order chi connectivity index (χ0) is 15.5. The fourth-order valence-corrected chi connectivity index (χ4v) is 2.79. The molecule has 0 aliphatic carbocycles. The van der Waals surface area contributed by atoms with Crippen LogP contribution in [-0.2, 0) is 13.1 Å². The number of nitrogens with one attached hydrogen (secondary N) is 1. The molecule has 0 saturated carbocycles. The van der Waals surface area contributed by atoms with Crippen molar-refractivity contribution in [3.05, 3.63) is 23.2 Å². The van der Waals surface area contributed by atoms with E-state index in [-0.39, 0.29) is 13.0 Å². The summed E-state index contributed by atoms with van der Waals surface area (Å²) in [5, 5.41) is 3.18. The Labute approximate surface area is 123 Å². The van der Waals surface area contributed by atoms with Crippen molar-refractivity contribution >= 4 is 0 Å². The minimum atomic E-state index is -4.08. The molecular formula is C15H23F3N2O. The quantitative estimate of drug-likeness (QED) is 0.903. The van der Waals surface area contributed by atoms with Crippen molar-refractivity contribution in [1.82, 2.24) is 10.2 Å². The molecule has 6 heteroatoms. The number of nitrogens with zero attached hydrogens (tertiary/aromatic N) is 1. The Hall–Kier alpha value is -1.01. The summed E-state index contributed by atoms with van der Waals surface area (Å²) in [6.07, 6.45) is -3.23. The first-order chi connectivity index (χ1) is 9.90. The second-order valence-electron chi connectivity index (χ2n) is 5.69. The van der Waals surface area contributed by atoms with E-state index in [1.165, 1.54) is 0 Å². The molecule has 1 fully saturated rings. The molecule has 1 atom stereocenters. The molecule has 1 aliphatic heterocycles. The summed E-state index contributed by atoms with van der Waals surface area (Å²) in [7, 11) is 0. The van der Waals surface area contributed by atoms with E-state index in [1.54, 1.807) is 0 Å². The summed E-state index contributed by atoms with van der Waals surface area (Å²) in [4.78, 5) is 1.89. The number of furan rings is 1. The topological polar surface area (TPSA) is 28.4 Å². The molecule has 0 aromatic carbocycles. The molecule has 1 aromatic rings. The Bertz CT molecular complexity index is 456. The van der Waals surface area contributed by atoms with Gasteiger partial charge < -0.3 is 9.73 Å². The number of alkyl halides is 3. The molecule has 1 aromatic heterocycles. The molecule has 1 saturated heterocycles. The monoisotopic (exact) mass is 304 g/mol. The van der Waals surface area contributed by atoms with Crippen LogP contribution in [0, 0.1) is 12.8 Å². The molecule has 120 valence electrons. The van der Waals surface area contributed by atoms with Gasteiger partial charge in [-0.05, 0) is 38.9 Å². The Morgan fingerprint density at radius 1 is 1.43 bits per heavy atom. The van der Waals surface area contributed by atoms with Crippen molar-refractivity contribution in [3.63, 3.8) is 0 Å². The minimum Gasteiger partial charge on any atom is -0.465 e. The zero-order valence-corrected chi connectivity index (χ0v) is 12.6. The number of hydrogen-bond acceptors (Lipinski definition) is 3. The highest BCUT2D eigenvalue weighted by molar-refractivity contribution is 5.20. The lowest BCUT2D eigenvalue weighted by atomic mass is 9.97. The van der Waals surface area contributed by atoms with Crippen LogP contribution >= 0.6 is 0 Å². The Kier molecular flexibility index (Phi) is 5.32. The standard InChI is InChI=1S/C15H23F3N2O/c1-3-19-8-14-7-12(11(2)21-14)9-20-6-4-5-13(10-20)15(16,17)18/h7,13,19H,3-6,8-10H2,1-2H3. The first-order valence-corrected chi connectivity index (χ1v) is 7.48. The van der Waals surface area contributed by atoms with Gasteiger partial charge in [0.05, 0.1) is 12.5 Å². The molecule has 0 bridgehead atoms. The van der Waals surface area contributed by atoms with E-state index in [0.717, 1.165) is 30.2 Å². The first kappa shape index (κ1) is 16.4. The van der Waals surface area contributed by atoms with E-state index in [4.69, 9.17) is 4.42 Å². The molecule has 1 unspecified atom stereocenters. The maximum atomic E-state index is 12.8. The average Bonchev–Trinajstić information content (AvgIpc) is 2.76. The van der Waals surface area contributed by atoms with E-state index in [9.17, 15) is 13.2 Å². The van der Waals surface area contributed by atoms with Crippen LogP contribution in [0.15, 0.2) is 10.5 Å². The number of halogens is 3. The van der Waals surface area contributed by atoms with Crippen LogP contribution in [0.3, 0.4) is 0 Å². The van der Waals surface area contributed by atoms with Gasteiger partial charge in [-0.25, -0.2) is 0 Å². The highest BCUT2D eigenvalue weighted by atomic mass is 19.4. The predicted molar refractivity (Wildman–Crippen MR) is 74.9 cm³/mol. The lowest BCUT2D eigenvalue weighted by Crippen LogP contribution is -2.41. The molecule has 0 amide bonds. The van der Waals surface area contributed by atoms with E-state index in [0.29, 0.717) is 19.5 Å². The summed E-state index contributed by atoms with van der Waals surface area (Å²) in [6, 6.07) is 1.95. The number of hydrogen-bond donors (Lipinski definition) is 1. The van der Waals surface area contributed by atoms with Crippen molar-refractivity contribution < 1.29 is 17.6 Å². The van der Waals surface area contributed by atoms with Crippen LogP contribution in [0.5, 0.6) is 0 Å². The van der Waals surface area contributed by atoms with Crippen molar-refractivity contribution in [2.24, 2.45) is 5.92 Å². The number of piperidine rings is 1. The molecular weight excluding hydrogens is 281 g/mol. The van der Waals surface area contributed by atoms with Crippen molar-refractivity contribution in [3.8, 4) is 0 Å². The Morgan fingerprint density at radius 3 is 2.86 bits per heavy atom. The van der Waals surface area contributed by atoms with Crippen LogP contribution in [0.25, 0.3) is 0 Å². The average molecular weight is 304 g/mol. The fourth-order valence-electron chi connectivity index (χ4n) is 2.79. The second kappa shape index (κ2) is 6.83. The smallest absolute Gasteiger partial charge is 0.393 e. The molecule has 1 aliphatic rings. The molecule has 3 nitrogen and oxygen atoms in total. The van der Waals surface area contributed by atoms with Gasteiger partial charge in [-0.2, -0.15) is 13.2 Å². The number of likely N-dealkylation sites (tertiary alicyclic amines) is 1. The summed E-state index contributed by atoms with van der Waals surface area (Å²) >= 11 is 0. The lowest BCUT2D eigenvalue weighted by Gasteiger charge is -2.33. The summed E-state index contributed by atoms with van der Waals surface area (Å²) in [5.74, 6) is 0.449. The molecule has 21 heavy (non-hydrogen) atoms. The minimum absolute atomic E-state index is 0.0939. The highest BCUT2D eigenvalue weighted by Gasteiger charge is 2.41. The van der Waals surface area contributed by atoms with E-state index in [2.05, 4.69) is 5.32 Å². The van der Waals surface area contributed by atoms with Gasteiger partial charge >= 0.3 is 6.18 Å². The third kappa shape index (κ3) is 4.48.